The van der Waals surface area contributed by atoms with Crippen LogP contribution in [0.3, 0.4) is 0 Å². The summed E-state index contributed by atoms with van der Waals surface area (Å²) in [4.78, 5) is 11.5. The standard InChI is InChI=1S/C8H13Cl2NO/c1-5(2)11-6(12)7(3)4-8(7,9)10/h5H,4H2,1-3H3,(H,11,12). The average molecular weight is 210 g/mol. The highest BCUT2D eigenvalue weighted by Gasteiger charge is 2.67. The number of hydrogen-bond acceptors (Lipinski definition) is 1. The van der Waals surface area contributed by atoms with Gasteiger partial charge in [0.1, 0.15) is 4.33 Å². The van der Waals surface area contributed by atoms with Gasteiger partial charge in [-0.3, -0.25) is 4.79 Å². The van der Waals surface area contributed by atoms with E-state index in [9.17, 15) is 4.79 Å². The summed E-state index contributed by atoms with van der Waals surface area (Å²) in [6.45, 7) is 5.60. The van der Waals surface area contributed by atoms with E-state index in [0.717, 1.165) is 0 Å². The van der Waals surface area contributed by atoms with Crippen molar-refractivity contribution < 1.29 is 4.79 Å². The van der Waals surface area contributed by atoms with Crippen molar-refractivity contribution in [2.24, 2.45) is 5.41 Å². The number of carbonyl (C=O) groups is 1. The largest absolute Gasteiger partial charge is 0.353 e. The molecule has 0 aromatic rings. The summed E-state index contributed by atoms with van der Waals surface area (Å²) in [6.07, 6.45) is 0.543. The molecule has 0 bridgehead atoms. The normalized spacial score (nSPS) is 31.8. The smallest absolute Gasteiger partial charge is 0.229 e. The zero-order valence-corrected chi connectivity index (χ0v) is 8.96. The van der Waals surface area contributed by atoms with Crippen LogP contribution >= 0.6 is 23.2 Å². The van der Waals surface area contributed by atoms with Crippen molar-refractivity contribution in [1.82, 2.24) is 5.32 Å². The highest BCUT2D eigenvalue weighted by Crippen LogP contribution is 2.63. The zero-order chi connectivity index (χ0) is 9.57. The summed E-state index contributed by atoms with van der Waals surface area (Å²) in [5.41, 5.74) is -0.583. The Kier molecular flexibility index (Phi) is 2.34. The van der Waals surface area contributed by atoms with Crippen LogP contribution in [0.15, 0.2) is 0 Å². The first-order valence-electron chi connectivity index (χ1n) is 3.98. The topological polar surface area (TPSA) is 29.1 Å². The monoisotopic (exact) mass is 209 g/mol. The van der Waals surface area contributed by atoms with Gasteiger partial charge in [-0.05, 0) is 27.2 Å². The van der Waals surface area contributed by atoms with Gasteiger partial charge in [-0.25, -0.2) is 0 Å². The Bertz CT molecular complexity index is 215. The van der Waals surface area contributed by atoms with Crippen molar-refractivity contribution in [1.29, 1.82) is 0 Å². The van der Waals surface area contributed by atoms with Crippen LogP contribution in [0.25, 0.3) is 0 Å². The van der Waals surface area contributed by atoms with Crippen molar-refractivity contribution in [2.45, 2.75) is 37.6 Å². The predicted molar refractivity (Wildman–Crippen MR) is 50.4 cm³/mol. The third kappa shape index (κ3) is 1.55. The van der Waals surface area contributed by atoms with Crippen LogP contribution in [0.5, 0.6) is 0 Å². The second-order valence-corrected chi connectivity index (χ2v) is 5.33. The molecule has 2 nitrogen and oxygen atoms in total. The Labute approximate surface area is 82.6 Å². The van der Waals surface area contributed by atoms with Gasteiger partial charge in [0.05, 0.1) is 5.41 Å². The van der Waals surface area contributed by atoms with Gasteiger partial charge in [-0.15, -0.1) is 23.2 Å². The lowest BCUT2D eigenvalue weighted by atomic mass is 10.1. The van der Waals surface area contributed by atoms with Gasteiger partial charge < -0.3 is 5.32 Å². The lowest BCUT2D eigenvalue weighted by Gasteiger charge is -2.14. The summed E-state index contributed by atoms with van der Waals surface area (Å²) in [6, 6.07) is 0.138. The maximum atomic E-state index is 11.5. The lowest BCUT2D eigenvalue weighted by Crippen LogP contribution is -2.37. The van der Waals surface area contributed by atoms with Crippen molar-refractivity contribution >= 4 is 29.1 Å². The molecule has 1 N–H and O–H groups in total. The van der Waals surface area contributed by atoms with Crippen LogP contribution in [0.4, 0.5) is 0 Å². The van der Waals surface area contributed by atoms with Gasteiger partial charge in [-0.2, -0.15) is 0 Å². The highest BCUT2D eigenvalue weighted by atomic mass is 35.5. The van der Waals surface area contributed by atoms with Crippen LogP contribution in [0.2, 0.25) is 0 Å². The summed E-state index contributed by atoms with van der Waals surface area (Å²) in [7, 11) is 0. The predicted octanol–water partition coefficient (Wildman–Crippen LogP) is 2.09. The molecule has 0 heterocycles. The van der Waals surface area contributed by atoms with Gasteiger partial charge in [0.25, 0.3) is 0 Å². The van der Waals surface area contributed by atoms with E-state index in [1.54, 1.807) is 6.92 Å². The molecule has 4 heteroatoms. The lowest BCUT2D eigenvalue weighted by molar-refractivity contribution is -0.126. The Morgan fingerprint density at radius 1 is 1.50 bits per heavy atom. The maximum absolute atomic E-state index is 11.5. The van der Waals surface area contributed by atoms with Gasteiger partial charge in [0.2, 0.25) is 5.91 Å². The van der Waals surface area contributed by atoms with Crippen LogP contribution < -0.4 is 5.32 Å². The number of rotatable bonds is 2. The first kappa shape index (κ1) is 10.1. The Morgan fingerprint density at radius 2 is 1.92 bits per heavy atom. The third-order valence-electron chi connectivity index (χ3n) is 2.18. The number of alkyl halides is 2. The minimum Gasteiger partial charge on any atom is -0.353 e. The molecule has 1 amide bonds. The number of nitrogens with one attached hydrogen (secondary N) is 1. The van der Waals surface area contributed by atoms with Crippen molar-refractivity contribution in [3.8, 4) is 0 Å². The maximum Gasteiger partial charge on any atom is 0.229 e. The first-order chi connectivity index (χ1) is 5.29. The van der Waals surface area contributed by atoms with Gasteiger partial charge in [0, 0.05) is 6.04 Å². The molecular weight excluding hydrogens is 197 g/mol. The summed E-state index contributed by atoms with van der Waals surface area (Å²) in [5.74, 6) is -0.0532. The second kappa shape index (κ2) is 2.78. The second-order valence-electron chi connectivity index (χ2n) is 3.84. The van der Waals surface area contributed by atoms with E-state index in [1.807, 2.05) is 13.8 Å². The molecule has 0 aromatic carbocycles. The average Bonchev–Trinajstić information content (AvgIpc) is 2.32. The molecular formula is C8H13Cl2NO. The van der Waals surface area contributed by atoms with E-state index in [4.69, 9.17) is 23.2 Å². The van der Waals surface area contributed by atoms with Crippen LogP contribution in [-0.2, 0) is 4.79 Å². The Morgan fingerprint density at radius 3 is 2.17 bits per heavy atom. The number of carbonyl (C=O) groups excluding carboxylic acids is 1. The number of hydrogen-bond donors (Lipinski definition) is 1. The minimum absolute atomic E-state index is 0.0532. The van der Waals surface area contributed by atoms with E-state index >= 15 is 0 Å². The van der Waals surface area contributed by atoms with Gasteiger partial charge >= 0.3 is 0 Å². The fourth-order valence-corrected chi connectivity index (χ4v) is 1.77. The SMILES string of the molecule is CC(C)NC(=O)C1(C)CC1(Cl)Cl. The molecule has 70 valence electrons. The Balaban J connectivity index is 2.56. The molecule has 0 aromatic heterocycles. The fraction of sp³-hybridized carbons (Fsp3) is 0.875. The van der Waals surface area contributed by atoms with Crippen molar-refractivity contribution in [3.63, 3.8) is 0 Å². The van der Waals surface area contributed by atoms with E-state index in [0.29, 0.717) is 6.42 Å². The third-order valence-corrected chi connectivity index (χ3v) is 3.28. The van der Waals surface area contributed by atoms with Crippen molar-refractivity contribution in [3.05, 3.63) is 0 Å². The van der Waals surface area contributed by atoms with E-state index in [2.05, 4.69) is 5.32 Å². The molecule has 1 unspecified atom stereocenters. The quantitative estimate of drug-likeness (QED) is 0.694. The molecule has 1 saturated carbocycles. The molecule has 1 atom stereocenters. The van der Waals surface area contributed by atoms with Crippen LogP contribution in [0, 0.1) is 5.41 Å². The van der Waals surface area contributed by atoms with Crippen LogP contribution in [0.1, 0.15) is 27.2 Å². The molecule has 1 aliphatic carbocycles. The van der Waals surface area contributed by atoms with Crippen LogP contribution in [-0.4, -0.2) is 16.3 Å². The van der Waals surface area contributed by atoms with Gasteiger partial charge in [0.15, 0.2) is 0 Å². The summed E-state index contributed by atoms with van der Waals surface area (Å²) in [5, 5.41) is 2.79. The van der Waals surface area contributed by atoms with E-state index in [-0.39, 0.29) is 11.9 Å². The van der Waals surface area contributed by atoms with E-state index in [1.165, 1.54) is 0 Å². The summed E-state index contributed by atoms with van der Waals surface area (Å²) < 4.78 is -0.855. The fourth-order valence-electron chi connectivity index (χ4n) is 1.07. The highest BCUT2D eigenvalue weighted by molar-refractivity contribution is 6.53. The first-order valence-corrected chi connectivity index (χ1v) is 4.74. The Hall–Kier alpha value is 0.0500. The molecule has 1 fully saturated rings. The molecule has 0 aliphatic heterocycles. The summed E-state index contributed by atoms with van der Waals surface area (Å²) >= 11 is 11.7. The molecule has 12 heavy (non-hydrogen) atoms. The van der Waals surface area contributed by atoms with Crippen molar-refractivity contribution in [2.75, 3.05) is 0 Å². The number of halogens is 2. The molecule has 1 aliphatic rings. The van der Waals surface area contributed by atoms with E-state index < -0.39 is 9.75 Å². The van der Waals surface area contributed by atoms with Gasteiger partial charge in [-0.1, -0.05) is 0 Å². The zero-order valence-electron chi connectivity index (χ0n) is 7.45. The minimum atomic E-state index is -0.855. The molecule has 0 saturated heterocycles. The molecule has 1 rings (SSSR count). The molecule has 0 radical (unpaired) electrons. The number of amides is 1. The molecule has 0 spiro atoms.